The van der Waals surface area contributed by atoms with Crippen molar-refractivity contribution in [2.45, 2.75) is 25.4 Å². The molecule has 8 nitrogen and oxygen atoms in total. The van der Waals surface area contributed by atoms with Gasteiger partial charge in [0.05, 0.1) is 22.5 Å². The number of carbonyl (C=O) groups excluding carboxylic acids is 1. The number of aromatic nitrogens is 3. The quantitative estimate of drug-likeness (QED) is 0.495. The van der Waals surface area contributed by atoms with Crippen molar-refractivity contribution in [2.75, 3.05) is 11.5 Å². The smallest absolute Gasteiger partial charge is 0.262 e. The summed E-state index contributed by atoms with van der Waals surface area (Å²) in [6.07, 6.45) is 4.51. The highest BCUT2D eigenvalue weighted by molar-refractivity contribution is 8.24. The summed E-state index contributed by atoms with van der Waals surface area (Å²) in [5.74, 6) is 0.0154. The van der Waals surface area contributed by atoms with Crippen molar-refractivity contribution in [2.24, 2.45) is 5.73 Å². The van der Waals surface area contributed by atoms with Crippen molar-refractivity contribution in [1.82, 2.24) is 19.9 Å². The van der Waals surface area contributed by atoms with Gasteiger partial charge in [0, 0.05) is 22.4 Å². The molecule has 3 aromatic heterocycles. The van der Waals surface area contributed by atoms with Crippen LogP contribution < -0.4 is 11.1 Å². The van der Waals surface area contributed by atoms with Gasteiger partial charge < -0.3 is 11.1 Å². The summed E-state index contributed by atoms with van der Waals surface area (Å²) < 4.78 is 21.7. The molecule has 0 aromatic carbocycles. The van der Waals surface area contributed by atoms with Crippen LogP contribution in [0.2, 0.25) is 0 Å². The maximum absolute atomic E-state index is 12.8. The number of hydrogen-bond acceptors (Lipinski definition) is 7. The molecular weight excluding hydrogens is 386 g/mol. The first kappa shape index (κ1) is 18.4. The van der Waals surface area contributed by atoms with Gasteiger partial charge >= 0.3 is 0 Å². The number of fused-ring (bicyclic) bond motifs is 1. The van der Waals surface area contributed by atoms with Crippen molar-refractivity contribution in [3.8, 4) is 11.3 Å². The lowest BCUT2D eigenvalue weighted by molar-refractivity contribution is 0.0906. The highest BCUT2D eigenvalue weighted by Crippen LogP contribution is 2.46. The molecule has 0 radical (unpaired) electrons. The van der Waals surface area contributed by atoms with Gasteiger partial charge in [-0.3, -0.25) is 13.9 Å². The predicted molar refractivity (Wildman–Crippen MR) is 107 cm³/mol. The fraction of sp³-hybridized carbons (Fsp3) is 0.353. The molecule has 0 saturated carbocycles. The van der Waals surface area contributed by atoms with Crippen LogP contribution in [-0.2, 0) is 0 Å². The van der Waals surface area contributed by atoms with Crippen LogP contribution >= 0.6 is 21.9 Å². The van der Waals surface area contributed by atoms with Crippen LogP contribution in [-0.4, -0.2) is 46.8 Å². The number of nitrogens with one attached hydrogen (secondary N) is 1. The second-order valence-corrected chi connectivity index (χ2v) is 10.4. The van der Waals surface area contributed by atoms with E-state index in [-0.39, 0.29) is 11.7 Å². The molecule has 4 rings (SSSR count). The fourth-order valence-corrected chi connectivity index (χ4v) is 6.14. The van der Waals surface area contributed by atoms with E-state index in [1.165, 1.54) is 11.3 Å². The average Bonchev–Trinajstić information content (AvgIpc) is 3.16. The third kappa shape index (κ3) is 3.58. The molecule has 27 heavy (non-hydrogen) atoms. The number of aryl methyl sites for hydroxylation is 1. The fourth-order valence-electron chi connectivity index (χ4n) is 3.42. The molecule has 1 amide bonds. The summed E-state index contributed by atoms with van der Waals surface area (Å²) in [5, 5.41) is 7.12. The van der Waals surface area contributed by atoms with Crippen LogP contribution in [0.1, 0.15) is 27.4 Å². The monoisotopic (exact) mass is 407 g/mol. The molecule has 0 bridgehead atoms. The first-order chi connectivity index (χ1) is 12.8. The molecule has 1 aliphatic heterocycles. The van der Waals surface area contributed by atoms with Crippen LogP contribution in [0.3, 0.4) is 0 Å². The van der Waals surface area contributed by atoms with Gasteiger partial charge in [0.15, 0.2) is 5.65 Å². The van der Waals surface area contributed by atoms with E-state index < -0.39 is 16.3 Å². The largest absolute Gasteiger partial charge is 0.332 e. The van der Waals surface area contributed by atoms with Gasteiger partial charge in [-0.25, -0.2) is 9.50 Å². The van der Waals surface area contributed by atoms with Crippen molar-refractivity contribution >= 4 is 33.5 Å². The van der Waals surface area contributed by atoms with E-state index in [2.05, 4.69) is 15.4 Å². The third-order valence-electron chi connectivity index (χ3n) is 4.64. The van der Waals surface area contributed by atoms with Crippen molar-refractivity contribution < 1.29 is 13.9 Å². The molecule has 5 N–H and O–H groups in total. The molecule has 1 atom stereocenters. The van der Waals surface area contributed by atoms with Crippen LogP contribution in [0.5, 0.6) is 0 Å². The van der Waals surface area contributed by atoms with E-state index in [0.29, 0.717) is 23.5 Å². The molecule has 4 heterocycles. The molecule has 1 aliphatic rings. The predicted octanol–water partition coefficient (Wildman–Crippen LogP) is 2.70. The lowest BCUT2D eigenvalue weighted by Gasteiger charge is -2.45. The molecular formula is C17H21N5O3S2. The Kier molecular flexibility index (Phi) is 4.47. The van der Waals surface area contributed by atoms with Gasteiger partial charge in [0.2, 0.25) is 0 Å². The number of carbonyl (C=O) groups is 1. The van der Waals surface area contributed by atoms with Crippen LogP contribution in [0, 0.1) is 6.92 Å². The number of amides is 1. The second kappa shape index (κ2) is 6.57. The molecule has 1 saturated heterocycles. The molecule has 1 fully saturated rings. The normalized spacial score (nSPS) is 23.3. The minimum absolute atomic E-state index is 0.0138. The Hall–Kier alpha value is -1.98. The molecule has 10 heteroatoms. The van der Waals surface area contributed by atoms with E-state index in [0.717, 1.165) is 21.8 Å². The maximum Gasteiger partial charge on any atom is 0.262 e. The minimum Gasteiger partial charge on any atom is -0.332 e. The van der Waals surface area contributed by atoms with Gasteiger partial charge in [-0.1, -0.05) is 0 Å². The number of imidazole rings is 1. The first-order valence-corrected chi connectivity index (χ1v) is 11.2. The van der Waals surface area contributed by atoms with Crippen molar-refractivity contribution in [3.05, 3.63) is 40.3 Å². The Bertz CT molecular complexity index is 1020. The molecule has 3 aromatic rings. The second-order valence-electron chi connectivity index (χ2n) is 6.88. The number of hydrogen-bond donors (Lipinski definition) is 4. The summed E-state index contributed by atoms with van der Waals surface area (Å²) in [4.78, 5) is 18.6. The van der Waals surface area contributed by atoms with Crippen molar-refractivity contribution in [1.29, 1.82) is 0 Å². The zero-order valence-electron chi connectivity index (χ0n) is 14.8. The first-order valence-electron chi connectivity index (χ1n) is 8.51. The van der Waals surface area contributed by atoms with E-state index >= 15 is 0 Å². The topological polar surface area (TPSA) is 126 Å². The van der Waals surface area contributed by atoms with Gasteiger partial charge in [-0.2, -0.15) is 15.7 Å². The van der Waals surface area contributed by atoms with Crippen molar-refractivity contribution in [3.63, 3.8) is 0 Å². The molecule has 144 valence electrons. The molecule has 0 aliphatic carbocycles. The number of thiophene rings is 1. The third-order valence-corrected chi connectivity index (χ3v) is 7.61. The summed E-state index contributed by atoms with van der Waals surface area (Å²) in [6.45, 7) is 1.94. The summed E-state index contributed by atoms with van der Waals surface area (Å²) in [6, 6.07) is 5.49. The lowest BCUT2D eigenvalue weighted by atomic mass is 10.1. The van der Waals surface area contributed by atoms with Crippen LogP contribution in [0.25, 0.3) is 16.9 Å². The molecule has 0 spiro atoms. The standard InChI is InChI=1S/C17H21N5O3S2/c1-11-12(13-9-19-15-4-2-6-20-22(13)15)8-14(26-11)16(23)21-17(18)5-3-7-27(24,25)10-17/h2,4,6,8-9,24-25H,3,5,7,10,18H2,1H3,(H,21,23). The highest BCUT2D eigenvalue weighted by atomic mass is 32.3. The Balaban J connectivity index is 1.60. The van der Waals surface area contributed by atoms with Gasteiger partial charge in [-0.05, 0) is 38.0 Å². The zero-order valence-corrected chi connectivity index (χ0v) is 16.4. The van der Waals surface area contributed by atoms with Gasteiger partial charge in [-0.15, -0.1) is 11.3 Å². The van der Waals surface area contributed by atoms with Gasteiger partial charge in [0.1, 0.15) is 5.66 Å². The number of rotatable bonds is 3. The summed E-state index contributed by atoms with van der Waals surface area (Å²) >= 11 is 1.36. The zero-order chi connectivity index (χ0) is 19.2. The van der Waals surface area contributed by atoms with E-state index in [1.54, 1.807) is 23.0 Å². The summed E-state index contributed by atoms with van der Waals surface area (Å²) in [7, 11) is -2.74. The minimum atomic E-state index is -2.74. The highest BCUT2D eigenvalue weighted by Gasteiger charge is 2.37. The summed E-state index contributed by atoms with van der Waals surface area (Å²) in [5.41, 5.74) is 7.57. The Labute approximate surface area is 161 Å². The molecule has 1 unspecified atom stereocenters. The Morgan fingerprint density at radius 3 is 3.07 bits per heavy atom. The van der Waals surface area contributed by atoms with Crippen LogP contribution in [0.15, 0.2) is 30.6 Å². The van der Waals surface area contributed by atoms with E-state index in [4.69, 9.17) is 5.73 Å². The van der Waals surface area contributed by atoms with E-state index in [1.807, 2.05) is 19.1 Å². The van der Waals surface area contributed by atoms with Gasteiger partial charge in [0.25, 0.3) is 5.91 Å². The Morgan fingerprint density at radius 1 is 1.48 bits per heavy atom. The SMILES string of the molecule is Cc1sc(C(=O)NC2(N)CCCS(O)(O)C2)cc1-c1cnc2cccnn12. The average molecular weight is 408 g/mol. The number of nitrogens with two attached hydrogens (primary N) is 1. The van der Waals surface area contributed by atoms with Crippen LogP contribution in [0.4, 0.5) is 0 Å². The maximum atomic E-state index is 12.8. The van der Waals surface area contributed by atoms with E-state index in [9.17, 15) is 13.9 Å². The lowest BCUT2D eigenvalue weighted by Crippen LogP contribution is -2.61. The Morgan fingerprint density at radius 2 is 2.30 bits per heavy atom. The number of nitrogens with zero attached hydrogens (tertiary/aromatic N) is 3.